The van der Waals surface area contributed by atoms with Crippen molar-refractivity contribution in [3.05, 3.63) is 200 Å². The number of hydrogen-bond acceptors (Lipinski definition) is 3. The molecule has 0 aliphatic carbocycles. The summed E-state index contributed by atoms with van der Waals surface area (Å²) in [6.07, 6.45) is 0. The van der Waals surface area contributed by atoms with E-state index < -0.39 is 0 Å². The van der Waals surface area contributed by atoms with Gasteiger partial charge in [0.2, 0.25) is 5.95 Å². The molecule has 11 rings (SSSR count). The fraction of sp³-hybridized carbons (Fsp3) is 0.0727. The van der Waals surface area contributed by atoms with Crippen molar-refractivity contribution in [2.24, 2.45) is 0 Å². The Morgan fingerprint density at radius 1 is 0.350 bits per heavy atom. The predicted octanol–water partition coefficient (Wildman–Crippen LogP) is 14.0. The third kappa shape index (κ3) is 5.97. The zero-order valence-corrected chi connectivity index (χ0v) is 33.7. The summed E-state index contributed by atoms with van der Waals surface area (Å²) in [5.41, 5.74) is 13.1. The van der Waals surface area contributed by atoms with Crippen molar-refractivity contribution >= 4 is 43.6 Å². The predicted molar refractivity (Wildman–Crippen MR) is 249 cm³/mol. The molecule has 0 radical (unpaired) electrons. The molecule has 60 heavy (non-hydrogen) atoms. The van der Waals surface area contributed by atoms with E-state index in [0.717, 1.165) is 60.8 Å². The van der Waals surface area contributed by atoms with E-state index in [1.54, 1.807) is 0 Å². The van der Waals surface area contributed by atoms with Gasteiger partial charge in [-0.2, -0.15) is 9.97 Å². The normalized spacial score (nSPS) is 11.9. The molecular formula is C55H41N5. The highest BCUT2D eigenvalue weighted by molar-refractivity contribution is 6.12. The highest BCUT2D eigenvalue weighted by Gasteiger charge is 2.23. The molecule has 0 saturated heterocycles. The maximum Gasteiger partial charge on any atom is 0.238 e. The van der Waals surface area contributed by atoms with Gasteiger partial charge in [0, 0.05) is 32.7 Å². The van der Waals surface area contributed by atoms with Crippen LogP contribution in [0.2, 0.25) is 0 Å². The van der Waals surface area contributed by atoms with Crippen molar-refractivity contribution in [3.8, 4) is 56.7 Å². The SMILES string of the molecule is CC(C)(C)c1ccc2c(c1)c1ccccc1n2-c1ccccc1-c1nc(-c2ccccc2)nc(-n2c3ccc(-c4ccccc4)cc3c3cc(-c4ccccc4)ccc32)n1. The molecule has 8 aromatic carbocycles. The number of hydrogen-bond donors (Lipinski definition) is 0. The summed E-state index contributed by atoms with van der Waals surface area (Å²) in [5, 5.41) is 4.70. The molecule has 0 atom stereocenters. The minimum absolute atomic E-state index is 0.0173. The van der Waals surface area contributed by atoms with E-state index in [1.165, 1.54) is 27.5 Å². The van der Waals surface area contributed by atoms with Crippen LogP contribution >= 0.6 is 0 Å². The van der Waals surface area contributed by atoms with E-state index >= 15 is 0 Å². The first-order valence-electron chi connectivity index (χ1n) is 20.5. The summed E-state index contributed by atoms with van der Waals surface area (Å²) in [7, 11) is 0. The van der Waals surface area contributed by atoms with Crippen LogP contribution < -0.4 is 0 Å². The third-order valence-corrected chi connectivity index (χ3v) is 11.8. The smallest absolute Gasteiger partial charge is 0.238 e. The van der Waals surface area contributed by atoms with Crippen LogP contribution in [0, 0.1) is 0 Å². The van der Waals surface area contributed by atoms with Gasteiger partial charge < -0.3 is 4.57 Å². The summed E-state index contributed by atoms with van der Waals surface area (Å²) in [5.74, 6) is 1.77. The van der Waals surface area contributed by atoms with Crippen molar-refractivity contribution in [2.45, 2.75) is 26.2 Å². The van der Waals surface area contributed by atoms with E-state index in [4.69, 9.17) is 15.0 Å². The number of benzene rings is 8. The van der Waals surface area contributed by atoms with Gasteiger partial charge in [-0.1, -0.05) is 160 Å². The van der Waals surface area contributed by atoms with Crippen LogP contribution in [-0.4, -0.2) is 24.1 Å². The Bertz CT molecular complexity index is 3290. The average Bonchev–Trinajstić information content (AvgIpc) is 3.81. The lowest BCUT2D eigenvalue weighted by Gasteiger charge is -2.19. The van der Waals surface area contributed by atoms with Gasteiger partial charge in [-0.05, 0) is 87.8 Å². The minimum atomic E-state index is 0.0173. The molecule has 0 aliphatic heterocycles. The Kier molecular flexibility index (Phi) is 8.31. The number of aromatic nitrogens is 5. The molecule has 0 N–H and O–H groups in total. The van der Waals surface area contributed by atoms with Gasteiger partial charge in [0.1, 0.15) is 0 Å². The van der Waals surface area contributed by atoms with Gasteiger partial charge in [0.15, 0.2) is 11.6 Å². The largest absolute Gasteiger partial charge is 0.309 e. The number of para-hydroxylation sites is 2. The first-order valence-corrected chi connectivity index (χ1v) is 20.5. The molecule has 11 aromatic rings. The Hall–Kier alpha value is -7.63. The standard InChI is InChI=1S/C55H41N5/c1-55(2,3)41-29-32-49-46(35-41)42-23-13-15-25-47(42)59(49)48-26-16-14-24-43(48)53-56-52(38-21-11-6-12-22-38)57-54(58-53)60-50-30-27-39(36-17-7-4-8-18-36)33-44(50)45-34-40(28-31-51(45)60)37-19-9-5-10-20-37/h4-35H,1-3H3. The Morgan fingerprint density at radius 3 is 1.47 bits per heavy atom. The molecule has 5 heteroatoms. The van der Waals surface area contributed by atoms with Crippen molar-refractivity contribution in [1.29, 1.82) is 0 Å². The first kappa shape index (κ1) is 35.5. The second kappa shape index (κ2) is 14.0. The van der Waals surface area contributed by atoms with Crippen LogP contribution in [0.4, 0.5) is 0 Å². The van der Waals surface area contributed by atoms with Gasteiger partial charge in [0.25, 0.3) is 0 Å². The van der Waals surface area contributed by atoms with Crippen LogP contribution in [0.3, 0.4) is 0 Å². The molecule has 0 saturated carbocycles. The highest BCUT2D eigenvalue weighted by atomic mass is 15.2. The molecule has 0 bridgehead atoms. The van der Waals surface area contributed by atoms with Crippen molar-refractivity contribution in [3.63, 3.8) is 0 Å². The maximum atomic E-state index is 5.44. The lowest BCUT2D eigenvalue weighted by molar-refractivity contribution is 0.591. The maximum absolute atomic E-state index is 5.44. The Labute approximate surface area is 348 Å². The minimum Gasteiger partial charge on any atom is -0.309 e. The zero-order valence-electron chi connectivity index (χ0n) is 33.7. The monoisotopic (exact) mass is 771 g/mol. The summed E-state index contributed by atoms with van der Waals surface area (Å²) >= 11 is 0. The van der Waals surface area contributed by atoms with E-state index in [0.29, 0.717) is 17.6 Å². The van der Waals surface area contributed by atoms with E-state index in [2.05, 4.69) is 206 Å². The van der Waals surface area contributed by atoms with E-state index in [9.17, 15) is 0 Å². The average molecular weight is 772 g/mol. The second-order valence-electron chi connectivity index (χ2n) is 16.5. The highest BCUT2D eigenvalue weighted by Crippen LogP contribution is 2.40. The van der Waals surface area contributed by atoms with Crippen LogP contribution in [-0.2, 0) is 5.41 Å². The summed E-state index contributed by atoms with van der Waals surface area (Å²) in [6, 6.07) is 68.9. The Balaban J connectivity index is 1.18. The van der Waals surface area contributed by atoms with E-state index in [-0.39, 0.29) is 5.41 Å². The van der Waals surface area contributed by atoms with Crippen LogP contribution in [0.25, 0.3) is 100 Å². The molecule has 5 nitrogen and oxygen atoms in total. The number of fused-ring (bicyclic) bond motifs is 6. The molecule has 286 valence electrons. The molecular weight excluding hydrogens is 731 g/mol. The molecule has 0 spiro atoms. The van der Waals surface area contributed by atoms with Crippen LogP contribution in [0.5, 0.6) is 0 Å². The summed E-state index contributed by atoms with van der Waals surface area (Å²) < 4.78 is 4.58. The Morgan fingerprint density at radius 2 is 0.833 bits per heavy atom. The summed E-state index contributed by atoms with van der Waals surface area (Å²) in [6.45, 7) is 6.81. The van der Waals surface area contributed by atoms with Gasteiger partial charge in [-0.3, -0.25) is 4.57 Å². The van der Waals surface area contributed by atoms with Gasteiger partial charge in [0.05, 0.1) is 27.8 Å². The molecule has 3 aromatic heterocycles. The molecule has 0 unspecified atom stereocenters. The van der Waals surface area contributed by atoms with Crippen LogP contribution in [0.1, 0.15) is 26.3 Å². The third-order valence-electron chi connectivity index (χ3n) is 11.8. The lowest BCUT2D eigenvalue weighted by atomic mass is 9.86. The first-order chi connectivity index (χ1) is 29.4. The van der Waals surface area contributed by atoms with Gasteiger partial charge in [-0.25, -0.2) is 4.98 Å². The van der Waals surface area contributed by atoms with Crippen LogP contribution in [0.15, 0.2) is 194 Å². The fourth-order valence-corrected chi connectivity index (χ4v) is 8.72. The second-order valence-corrected chi connectivity index (χ2v) is 16.5. The molecule has 0 amide bonds. The molecule has 0 aliphatic rings. The topological polar surface area (TPSA) is 48.5 Å². The quantitative estimate of drug-likeness (QED) is 0.169. The number of rotatable bonds is 6. The van der Waals surface area contributed by atoms with Gasteiger partial charge in [-0.15, -0.1) is 0 Å². The van der Waals surface area contributed by atoms with Crippen molar-refractivity contribution < 1.29 is 0 Å². The lowest BCUT2D eigenvalue weighted by Crippen LogP contribution is -2.10. The molecule has 3 heterocycles. The van der Waals surface area contributed by atoms with Gasteiger partial charge >= 0.3 is 0 Å². The summed E-state index contributed by atoms with van der Waals surface area (Å²) in [4.78, 5) is 16.0. The van der Waals surface area contributed by atoms with Crippen molar-refractivity contribution in [2.75, 3.05) is 0 Å². The number of nitrogens with zero attached hydrogens (tertiary/aromatic N) is 5. The molecule has 0 fully saturated rings. The van der Waals surface area contributed by atoms with E-state index in [1.807, 2.05) is 18.2 Å². The fourth-order valence-electron chi connectivity index (χ4n) is 8.72. The van der Waals surface area contributed by atoms with Crippen molar-refractivity contribution in [1.82, 2.24) is 24.1 Å². The zero-order chi connectivity index (χ0) is 40.4.